The SMILES string of the molecule is CC(C)(C)C.COC(OC)O[Si](C)(O[Si](C)(C)O[Si](C)(OC(OC)(OC)OC)O[Si](C)(C)OC)O[Si](C)(OC)O[Si](C)(OC)OC.C[Si](C)(C)C.C[Si](C)(C)C.[OH3+]. The number of hydrogen-bond acceptors (Lipinski definition) is 16. The normalized spacial score (nSPS) is 16.3. The Morgan fingerprint density at radius 3 is 0.912 bits per heavy atom. The summed E-state index contributed by atoms with van der Waals surface area (Å²) >= 11 is 0. The van der Waals surface area contributed by atoms with Gasteiger partial charge in [0.1, 0.15) is 0 Å². The van der Waals surface area contributed by atoms with Gasteiger partial charge in [0, 0.05) is 106 Å². The van der Waals surface area contributed by atoms with Crippen LogP contribution in [0.1, 0.15) is 27.7 Å². The zero-order valence-corrected chi connectivity index (χ0v) is 49.7. The Hall–Kier alpha value is 1.06. The monoisotopic (exact) mass is 971 g/mol. The molecule has 0 fully saturated rings. The fourth-order valence-corrected chi connectivity index (χ4v) is 25.5. The average molecular weight is 973 g/mol. The van der Waals surface area contributed by atoms with Crippen LogP contribution >= 0.6 is 0 Å². The van der Waals surface area contributed by atoms with Gasteiger partial charge in [-0.15, -0.1) is 0 Å². The third kappa shape index (κ3) is 38.5. The van der Waals surface area contributed by atoms with E-state index in [4.69, 9.17) is 70.8 Å². The van der Waals surface area contributed by atoms with Gasteiger partial charge in [0.2, 0.25) is 0 Å². The van der Waals surface area contributed by atoms with E-state index >= 15 is 0 Å². The largest absolute Gasteiger partial charge is 0.489 e. The first-order valence-electron chi connectivity index (χ1n) is 18.5. The lowest BCUT2D eigenvalue weighted by molar-refractivity contribution is -0.458. The molecule has 0 radical (unpaired) electrons. The maximum atomic E-state index is 6.58. The average Bonchev–Trinajstić information content (AvgIpc) is 2.99. The highest BCUT2D eigenvalue weighted by Gasteiger charge is 2.59. The van der Waals surface area contributed by atoms with E-state index in [-0.39, 0.29) is 5.48 Å². The Labute approximate surface area is 357 Å². The van der Waals surface area contributed by atoms with Gasteiger partial charge in [0.25, 0.3) is 6.48 Å². The van der Waals surface area contributed by atoms with E-state index in [1.54, 1.807) is 46.4 Å². The lowest BCUT2D eigenvalue weighted by atomic mass is 10.0. The van der Waals surface area contributed by atoms with Crippen molar-refractivity contribution in [2.24, 2.45) is 5.41 Å². The summed E-state index contributed by atoms with van der Waals surface area (Å²) in [7, 11) is -8.68. The molecule has 0 aliphatic carbocycles. The van der Waals surface area contributed by atoms with Crippen LogP contribution in [0.3, 0.4) is 0 Å². The van der Waals surface area contributed by atoms with Crippen LogP contribution in [-0.4, -0.2) is 145 Å². The highest BCUT2D eigenvalue weighted by Crippen LogP contribution is 2.32. The van der Waals surface area contributed by atoms with Gasteiger partial charge in [-0.3, -0.25) is 4.43 Å². The van der Waals surface area contributed by atoms with E-state index in [0.29, 0.717) is 5.41 Å². The molecule has 0 amide bonds. The minimum absolute atomic E-state index is 0. The van der Waals surface area contributed by atoms with E-state index in [1.165, 1.54) is 56.9 Å². The van der Waals surface area contributed by atoms with Gasteiger partial charge in [-0.1, -0.05) is 80.1 Å². The third-order valence-electron chi connectivity index (χ3n) is 5.39. The fraction of sp³-hybridized carbons (Fsp3) is 1.00. The van der Waals surface area contributed by atoms with Crippen molar-refractivity contribution < 1.29 is 76.3 Å². The van der Waals surface area contributed by atoms with Gasteiger partial charge in [-0.05, 0) is 31.6 Å². The maximum absolute atomic E-state index is 6.58. The van der Waals surface area contributed by atoms with Gasteiger partial charge in [-0.25, -0.2) is 0 Å². The smallest absolute Gasteiger partial charge is 0.457 e. The van der Waals surface area contributed by atoms with Crippen LogP contribution in [-0.2, 0) is 76.3 Å². The van der Waals surface area contributed by atoms with Crippen molar-refractivity contribution in [1.29, 1.82) is 0 Å². The van der Waals surface area contributed by atoms with Crippen LogP contribution in [0.2, 0.25) is 105 Å². The van der Waals surface area contributed by atoms with E-state index in [0.717, 1.165) is 0 Å². The molecule has 0 saturated heterocycles. The van der Waals surface area contributed by atoms with Crippen LogP contribution in [0, 0.1) is 5.41 Å². The quantitative estimate of drug-likeness (QED) is 0.0556. The Bertz CT molecular complexity index is 968. The summed E-state index contributed by atoms with van der Waals surface area (Å²) in [5.41, 5.74) is 0.500. The van der Waals surface area contributed by atoms with Crippen molar-refractivity contribution in [3.05, 3.63) is 0 Å². The molecule has 3 atom stereocenters. The second kappa shape index (κ2) is 28.0. The Kier molecular flexibility index (Phi) is 32.9. The summed E-state index contributed by atoms with van der Waals surface area (Å²) in [6.07, 6.45) is -1.92. The highest BCUT2D eigenvalue weighted by atomic mass is 28.5. The van der Waals surface area contributed by atoms with E-state index < -0.39 is 81.1 Å². The van der Waals surface area contributed by atoms with Crippen molar-refractivity contribution in [2.45, 2.75) is 145 Å². The molecule has 3 N–H and O–H groups in total. The lowest BCUT2D eigenvalue weighted by Crippen LogP contribution is -2.66. The number of methoxy groups -OCH3 is 5. The molecule has 57 heavy (non-hydrogen) atoms. The highest BCUT2D eigenvalue weighted by molar-refractivity contribution is 6.87. The Morgan fingerprint density at radius 2 is 0.649 bits per heavy atom. The number of rotatable bonds is 23. The van der Waals surface area contributed by atoms with Crippen molar-refractivity contribution in [3.63, 3.8) is 0 Å². The van der Waals surface area contributed by atoms with Gasteiger partial charge in [0.15, 0.2) is 0 Å². The predicted octanol–water partition coefficient (Wildman–Crippen LogP) is 7.53. The molecular formula is C32H91O17Si8+. The summed E-state index contributed by atoms with van der Waals surface area (Å²) in [6.45, 7) is 40.1. The zero-order valence-electron chi connectivity index (χ0n) is 41.7. The molecule has 0 heterocycles. The minimum atomic E-state index is -3.81. The molecule has 0 aliphatic heterocycles. The molecule has 0 aromatic carbocycles. The fourth-order valence-electron chi connectivity index (χ4n) is 3.45. The molecule has 0 bridgehead atoms. The topological polar surface area (TPSA) is 181 Å². The van der Waals surface area contributed by atoms with Crippen LogP contribution in [0.15, 0.2) is 0 Å². The molecule has 0 saturated carbocycles. The van der Waals surface area contributed by atoms with Crippen molar-refractivity contribution >= 4 is 68.5 Å². The summed E-state index contributed by atoms with van der Waals surface area (Å²) < 4.78 is 93.4. The molecule has 0 rings (SSSR count). The number of hydrogen-bond donors (Lipinski definition) is 0. The third-order valence-corrected chi connectivity index (χ3v) is 26.1. The van der Waals surface area contributed by atoms with E-state index in [1.807, 2.05) is 13.1 Å². The van der Waals surface area contributed by atoms with Crippen LogP contribution in [0.25, 0.3) is 0 Å². The molecule has 0 aliphatic rings. The first kappa shape index (κ1) is 67.1. The minimum Gasteiger partial charge on any atom is -0.457 e. The van der Waals surface area contributed by atoms with E-state index in [9.17, 15) is 0 Å². The zero-order chi connectivity index (χ0) is 45.9. The lowest BCUT2D eigenvalue weighted by Gasteiger charge is -2.44. The summed E-state index contributed by atoms with van der Waals surface area (Å²) in [5.74, 6) is 0. The second-order valence-electron chi connectivity index (χ2n) is 18.7. The molecule has 3 unspecified atom stereocenters. The number of ether oxygens (including phenoxy) is 5. The maximum Gasteiger partial charge on any atom is 0.489 e. The molecule has 0 aromatic heterocycles. The summed E-state index contributed by atoms with van der Waals surface area (Å²) in [5, 5.41) is 0. The van der Waals surface area contributed by atoms with Crippen LogP contribution in [0.4, 0.5) is 0 Å². The molecule has 352 valence electrons. The first-order chi connectivity index (χ1) is 24.7. The molecule has 17 nitrogen and oxygen atoms in total. The molecule has 0 spiro atoms. The molecule has 0 aromatic rings. The Balaban J connectivity index is -0.000000473. The van der Waals surface area contributed by atoms with Gasteiger partial charge in [0.05, 0.1) is 0 Å². The predicted molar refractivity (Wildman–Crippen MR) is 247 cm³/mol. The second-order valence-corrected chi connectivity index (χ2v) is 49.3. The van der Waals surface area contributed by atoms with Gasteiger partial charge < -0.3 is 71.9 Å². The van der Waals surface area contributed by atoms with Crippen molar-refractivity contribution in [3.8, 4) is 0 Å². The first-order valence-corrected chi connectivity index (χ1v) is 41.0. The standard InChI is InChI=1S/C19H52O16Si6.C5H12.2C4H12Si.H2O/c1-20-18(21-2)29-40(16,35-39(15,28-9)34-38(14,26-7)27-8)32-37(12,13)33-41(17,31-36(10,11)25-6)30-19(22-3,23-4)24-5;3*1-5(2,3)4;/h18H,1-17H3;3*1-4H3;1H2/p+1. The van der Waals surface area contributed by atoms with Crippen molar-refractivity contribution in [1.82, 2.24) is 0 Å². The van der Waals surface area contributed by atoms with Crippen LogP contribution < -0.4 is 0 Å². The molecular weight excluding hydrogens is 881 g/mol. The van der Waals surface area contributed by atoms with Gasteiger partial charge in [-0.2, -0.15) is 0 Å². The summed E-state index contributed by atoms with van der Waals surface area (Å²) in [6, 6.07) is 0. The Morgan fingerprint density at radius 1 is 0.368 bits per heavy atom. The van der Waals surface area contributed by atoms with Gasteiger partial charge >= 0.3 is 58.5 Å². The van der Waals surface area contributed by atoms with Crippen LogP contribution in [0.5, 0.6) is 0 Å². The van der Waals surface area contributed by atoms with E-state index in [2.05, 4.69) is 80.1 Å². The summed E-state index contributed by atoms with van der Waals surface area (Å²) in [4.78, 5) is 0. The molecule has 25 heteroatoms. The van der Waals surface area contributed by atoms with Crippen molar-refractivity contribution in [2.75, 3.05) is 64.0 Å².